The Bertz CT molecular complexity index is 796. The van der Waals surface area contributed by atoms with Crippen molar-refractivity contribution in [3.63, 3.8) is 0 Å². The number of carbonyl (C=O) groups is 1. The molecule has 0 aliphatic carbocycles. The first kappa shape index (κ1) is 15.5. The third-order valence-corrected chi connectivity index (χ3v) is 6.43. The molecule has 0 bridgehead atoms. The molecule has 0 radical (unpaired) electrons. The van der Waals surface area contributed by atoms with Crippen LogP contribution in [0.15, 0.2) is 50.9 Å². The van der Waals surface area contributed by atoms with Crippen molar-refractivity contribution in [2.24, 2.45) is 0 Å². The summed E-state index contributed by atoms with van der Waals surface area (Å²) in [5, 5.41) is 6.49. The average molecular weight is 360 g/mol. The highest BCUT2D eigenvalue weighted by atomic mass is 32.2. The lowest BCUT2D eigenvalue weighted by molar-refractivity contribution is 0.0756. The first-order valence-corrected chi connectivity index (χ1v) is 9.69. The van der Waals surface area contributed by atoms with Gasteiger partial charge in [-0.2, -0.15) is 11.8 Å². The molecule has 0 N–H and O–H groups in total. The largest absolute Gasteiger partial charge is 0.461 e. The summed E-state index contributed by atoms with van der Waals surface area (Å²) in [6.07, 6.45) is 2.52. The summed E-state index contributed by atoms with van der Waals surface area (Å²) in [5.74, 6) is 1.90. The molecule has 4 heterocycles. The molecule has 124 valence electrons. The van der Waals surface area contributed by atoms with Gasteiger partial charge in [0, 0.05) is 35.0 Å². The summed E-state index contributed by atoms with van der Waals surface area (Å²) >= 11 is 3.70. The van der Waals surface area contributed by atoms with Crippen LogP contribution in [-0.2, 0) is 0 Å². The Morgan fingerprint density at radius 2 is 2.21 bits per heavy atom. The van der Waals surface area contributed by atoms with Crippen molar-refractivity contribution >= 4 is 29.0 Å². The monoisotopic (exact) mass is 360 g/mol. The van der Waals surface area contributed by atoms with Gasteiger partial charge in [-0.15, -0.1) is 11.3 Å². The van der Waals surface area contributed by atoms with E-state index in [2.05, 4.69) is 22.7 Å². The molecule has 0 aromatic carbocycles. The van der Waals surface area contributed by atoms with Gasteiger partial charge in [0.05, 0.1) is 6.26 Å². The van der Waals surface area contributed by atoms with Gasteiger partial charge in [0.1, 0.15) is 0 Å². The SMILES string of the molecule is O=C(c1cc(-c2ccco2)on1)N1CCS[C@H](c2cccs2)CC1. The third kappa shape index (κ3) is 3.14. The number of rotatable bonds is 3. The second-order valence-corrected chi connectivity index (χ2v) is 7.80. The van der Waals surface area contributed by atoms with Crippen LogP contribution in [0.4, 0.5) is 0 Å². The van der Waals surface area contributed by atoms with Gasteiger partial charge in [-0.1, -0.05) is 11.2 Å². The van der Waals surface area contributed by atoms with E-state index in [0.29, 0.717) is 22.5 Å². The highest BCUT2D eigenvalue weighted by Gasteiger charge is 2.25. The third-order valence-electron chi connectivity index (χ3n) is 3.98. The number of carbonyl (C=O) groups excluding carboxylic acids is 1. The van der Waals surface area contributed by atoms with E-state index in [1.807, 2.05) is 16.7 Å². The summed E-state index contributed by atoms with van der Waals surface area (Å²) in [6.45, 7) is 1.46. The maximum atomic E-state index is 12.7. The van der Waals surface area contributed by atoms with Crippen molar-refractivity contribution in [2.75, 3.05) is 18.8 Å². The van der Waals surface area contributed by atoms with E-state index in [0.717, 1.165) is 25.3 Å². The average Bonchev–Trinajstić information content (AvgIpc) is 3.33. The number of hydrogen-bond acceptors (Lipinski definition) is 6. The van der Waals surface area contributed by atoms with Gasteiger partial charge in [0.2, 0.25) is 5.76 Å². The number of nitrogens with zero attached hydrogens (tertiary/aromatic N) is 2. The van der Waals surface area contributed by atoms with Crippen LogP contribution >= 0.6 is 23.1 Å². The van der Waals surface area contributed by atoms with Crippen molar-refractivity contribution in [1.82, 2.24) is 10.1 Å². The predicted octanol–water partition coefficient (Wildman–Crippen LogP) is 4.32. The number of hydrogen-bond donors (Lipinski definition) is 0. The first-order valence-electron chi connectivity index (χ1n) is 7.76. The van der Waals surface area contributed by atoms with Crippen LogP contribution in [0.1, 0.15) is 27.0 Å². The Morgan fingerprint density at radius 1 is 1.25 bits per heavy atom. The second kappa shape index (κ2) is 6.86. The molecule has 0 spiro atoms. The van der Waals surface area contributed by atoms with Crippen molar-refractivity contribution in [1.29, 1.82) is 0 Å². The van der Waals surface area contributed by atoms with E-state index in [1.54, 1.807) is 35.8 Å². The van der Waals surface area contributed by atoms with Crippen LogP contribution in [-0.4, -0.2) is 34.8 Å². The molecule has 1 amide bonds. The second-order valence-electron chi connectivity index (χ2n) is 5.51. The lowest BCUT2D eigenvalue weighted by atomic mass is 10.2. The van der Waals surface area contributed by atoms with Gasteiger partial charge in [0.25, 0.3) is 5.91 Å². The van der Waals surface area contributed by atoms with Crippen LogP contribution < -0.4 is 0 Å². The molecule has 4 rings (SSSR count). The number of amides is 1. The highest BCUT2D eigenvalue weighted by Crippen LogP contribution is 2.37. The van der Waals surface area contributed by atoms with Crippen molar-refractivity contribution < 1.29 is 13.7 Å². The highest BCUT2D eigenvalue weighted by molar-refractivity contribution is 7.99. The molecule has 7 heteroatoms. The Hall–Kier alpha value is -1.99. The van der Waals surface area contributed by atoms with Crippen LogP contribution in [0, 0.1) is 0 Å². The molecule has 24 heavy (non-hydrogen) atoms. The molecule has 0 unspecified atom stereocenters. The van der Waals surface area contributed by atoms with Crippen molar-refractivity contribution in [2.45, 2.75) is 11.7 Å². The van der Waals surface area contributed by atoms with Crippen molar-refractivity contribution in [3.05, 3.63) is 52.5 Å². The smallest absolute Gasteiger partial charge is 0.276 e. The molecule has 1 atom stereocenters. The Kier molecular flexibility index (Phi) is 4.44. The fourth-order valence-corrected chi connectivity index (χ4v) is 4.99. The zero-order valence-corrected chi connectivity index (χ0v) is 14.5. The molecule has 3 aromatic rings. The zero-order chi connectivity index (χ0) is 16.4. The minimum absolute atomic E-state index is 0.0796. The molecule has 1 fully saturated rings. The Labute approximate surface area is 147 Å². The van der Waals surface area contributed by atoms with Gasteiger partial charge < -0.3 is 13.8 Å². The lowest BCUT2D eigenvalue weighted by Gasteiger charge is -2.18. The summed E-state index contributed by atoms with van der Waals surface area (Å²) < 4.78 is 10.5. The number of furan rings is 1. The summed E-state index contributed by atoms with van der Waals surface area (Å²) in [7, 11) is 0. The number of aromatic nitrogens is 1. The standard InChI is InChI=1S/C17H16N2O3S2/c20-17(12-11-14(22-18-12)13-3-1-8-21-13)19-6-5-16(24-10-7-19)15-4-2-9-23-15/h1-4,8-9,11,16H,5-7,10H2/t16-/m0/s1. The lowest BCUT2D eigenvalue weighted by Crippen LogP contribution is -2.33. The van der Waals surface area contributed by atoms with Crippen LogP contribution in [0.2, 0.25) is 0 Å². The minimum Gasteiger partial charge on any atom is -0.461 e. The van der Waals surface area contributed by atoms with Gasteiger partial charge in [-0.3, -0.25) is 4.79 Å². The summed E-state index contributed by atoms with van der Waals surface area (Å²) in [5.41, 5.74) is 0.334. The molecule has 5 nitrogen and oxygen atoms in total. The molecule has 0 saturated carbocycles. The summed E-state index contributed by atoms with van der Waals surface area (Å²) in [4.78, 5) is 15.9. The maximum absolute atomic E-state index is 12.7. The van der Waals surface area contributed by atoms with E-state index in [1.165, 1.54) is 4.88 Å². The van der Waals surface area contributed by atoms with Gasteiger partial charge in [0.15, 0.2) is 11.5 Å². The maximum Gasteiger partial charge on any atom is 0.276 e. The molecule has 1 aliphatic heterocycles. The van der Waals surface area contributed by atoms with E-state index >= 15 is 0 Å². The van der Waals surface area contributed by atoms with E-state index in [9.17, 15) is 4.79 Å². The number of thiophene rings is 1. The minimum atomic E-state index is -0.0796. The van der Waals surface area contributed by atoms with Gasteiger partial charge in [-0.05, 0) is 30.0 Å². The van der Waals surface area contributed by atoms with Crippen LogP contribution in [0.3, 0.4) is 0 Å². The topological polar surface area (TPSA) is 59.5 Å². The Balaban J connectivity index is 1.45. The van der Waals surface area contributed by atoms with Crippen LogP contribution in [0.25, 0.3) is 11.5 Å². The van der Waals surface area contributed by atoms with E-state index in [4.69, 9.17) is 8.94 Å². The fraction of sp³-hybridized carbons (Fsp3) is 0.294. The van der Waals surface area contributed by atoms with Gasteiger partial charge in [-0.25, -0.2) is 0 Å². The normalized spacial score (nSPS) is 18.5. The number of thioether (sulfide) groups is 1. The van der Waals surface area contributed by atoms with Crippen LogP contribution in [0.5, 0.6) is 0 Å². The molecule has 3 aromatic heterocycles. The van der Waals surface area contributed by atoms with E-state index in [-0.39, 0.29) is 5.91 Å². The Morgan fingerprint density at radius 3 is 3.00 bits per heavy atom. The zero-order valence-electron chi connectivity index (χ0n) is 12.9. The predicted molar refractivity (Wildman–Crippen MR) is 94.2 cm³/mol. The molecular formula is C17H16N2O3S2. The fourth-order valence-electron chi connectivity index (χ4n) is 2.75. The quantitative estimate of drug-likeness (QED) is 0.696. The first-order chi connectivity index (χ1) is 11.8. The van der Waals surface area contributed by atoms with E-state index < -0.39 is 0 Å². The van der Waals surface area contributed by atoms with Crippen molar-refractivity contribution in [3.8, 4) is 11.5 Å². The summed E-state index contributed by atoms with van der Waals surface area (Å²) in [6, 6.07) is 9.46. The van der Waals surface area contributed by atoms with Gasteiger partial charge >= 0.3 is 0 Å². The molecule has 1 saturated heterocycles. The molecule has 1 aliphatic rings. The molecular weight excluding hydrogens is 344 g/mol.